The summed E-state index contributed by atoms with van der Waals surface area (Å²) in [5.41, 5.74) is 0.562. The Labute approximate surface area is 132 Å². The topological polar surface area (TPSA) is 50.4 Å². The lowest BCUT2D eigenvalue weighted by Gasteiger charge is -2.10. The zero-order valence-corrected chi connectivity index (χ0v) is 13.8. The summed E-state index contributed by atoms with van der Waals surface area (Å²) in [6, 6.07) is 7.08. The summed E-state index contributed by atoms with van der Waals surface area (Å²) in [5, 5.41) is 5.97. The second-order valence-corrected chi connectivity index (χ2v) is 5.67. The Morgan fingerprint density at radius 1 is 1.29 bits per heavy atom. The van der Waals surface area contributed by atoms with Gasteiger partial charge in [-0.1, -0.05) is 20.8 Å². The van der Waals surface area contributed by atoms with Gasteiger partial charge in [0.2, 0.25) is 0 Å². The van der Waals surface area contributed by atoms with E-state index in [4.69, 9.17) is 17.0 Å². The summed E-state index contributed by atoms with van der Waals surface area (Å²) in [7, 11) is 0. The molecule has 1 aromatic rings. The predicted octanol–water partition coefficient (Wildman–Crippen LogP) is 3.13. The Bertz CT molecular complexity index is 458. The van der Waals surface area contributed by atoms with Gasteiger partial charge in [-0.05, 0) is 55.2 Å². The first kappa shape index (κ1) is 17.4. The van der Waals surface area contributed by atoms with E-state index < -0.39 is 0 Å². The Kier molecular flexibility index (Phi) is 7.75. The molecule has 0 heterocycles. The third kappa shape index (κ3) is 7.09. The van der Waals surface area contributed by atoms with E-state index >= 15 is 0 Å². The molecule has 0 spiro atoms. The Hall–Kier alpha value is -1.62. The third-order valence-corrected chi connectivity index (χ3v) is 3.09. The first-order valence-electron chi connectivity index (χ1n) is 7.35. The van der Waals surface area contributed by atoms with Gasteiger partial charge in [-0.15, -0.1) is 0 Å². The number of carbonyl (C=O) groups is 1. The minimum absolute atomic E-state index is 0.211. The molecule has 5 heteroatoms. The monoisotopic (exact) mass is 308 g/mol. The molecule has 4 nitrogen and oxygen atoms in total. The van der Waals surface area contributed by atoms with Crippen molar-refractivity contribution in [1.29, 1.82) is 0 Å². The first-order valence-corrected chi connectivity index (χ1v) is 7.75. The van der Waals surface area contributed by atoms with Crippen LogP contribution >= 0.6 is 12.2 Å². The van der Waals surface area contributed by atoms with Crippen molar-refractivity contribution in [3.05, 3.63) is 29.8 Å². The lowest BCUT2D eigenvalue weighted by Crippen LogP contribution is -2.39. The minimum atomic E-state index is -0.211. The molecule has 0 fully saturated rings. The summed E-state index contributed by atoms with van der Waals surface area (Å²) >= 11 is 5.04. The molecule has 0 unspecified atom stereocenters. The van der Waals surface area contributed by atoms with Crippen molar-refractivity contribution in [2.45, 2.75) is 33.6 Å². The highest BCUT2D eigenvalue weighted by Crippen LogP contribution is 2.13. The Morgan fingerprint density at radius 3 is 2.52 bits per heavy atom. The molecule has 0 aromatic heterocycles. The zero-order chi connectivity index (χ0) is 15.7. The van der Waals surface area contributed by atoms with E-state index in [0.717, 1.165) is 25.1 Å². The van der Waals surface area contributed by atoms with Crippen molar-refractivity contribution in [3.8, 4) is 5.75 Å². The molecule has 0 radical (unpaired) electrons. The minimum Gasteiger partial charge on any atom is -0.494 e. The highest BCUT2D eigenvalue weighted by Gasteiger charge is 2.07. The van der Waals surface area contributed by atoms with Crippen molar-refractivity contribution in [2.75, 3.05) is 13.2 Å². The van der Waals surface area contributed by atoms with Gasteiger partial charge in [0.25, 0.3) is 5.91 Å². The Morgan fingerprint density at radius 2 is 1.95 bits per heavy atom. The maximum atomic E-state index is 12.0. The summed E-state index contributed by atoms with van der Waals surface area (Å²) < 4.78 is 5.62. The van der Waals surface area contributed by atoms with Crippen molar-refractivity contribution >= 4 is 23.2 Å². The van der Waals surface area contributed by atoms with Crippen LogP contribution in [0.3, 0.4) is 0 Å². The van der Waals surface area contributed by atoms with E-state index in [9.17, 15) is 4.79 Å². The fourth-order valence-electron chi connectivity index (χ4n) is 1.57. The number of ether oxygens (including phenoxy) is 1. The van der Waals surface area contributed by atoms with Crippen LogP contribution in [-0.4, -0.2) is 24.2 Å². The molecule has 2 N–H and O–H groups in total. The quantitative estimate of drug-likeness (QED) is 0.760. The van der Waals surface area contributed by atoms with Gasteiger partial charge in [-0.3, -0.25) is 10.1 Å². The second-order valence-electron chi connectivity index (χ2n) is 5.27. The molecular weight excluding hydrogens is 284 g/mol. The summed E-state index contributed by atoms with van der Waals surface area (Å²) in [6.45, 7) is 7.80. The number of rotatable bonds is 7. The van der Waals surface area contributed by atoms with E-state index in [0.29, 0.717) is 23.2 Å². The van der Waals surface area contributed by atoms with Crippen LogP contribution in [0.1, 0.15) is 44.0 Å². The lowest BCUT2D eigenvalue weighted by atomic mass is 10.1. The second kappa shape index (κ2) is 9.34. The molecule has 1 rings (SSSR count). The number of hydrogen-bond donors (Lipinski definition) is 2. The van der Waals surface area contributed by atoms with Crippen LogP contribution in [0.4, 0.5) is 0 Å². The van der Waals surface area contributed by atoms with E-state index in [1.54, 1.807) is 24.3 Å². The maximum Gasteiger partial charge on any atom is 0.257 e. The van der Waals surface area contributed by atoms with Crippen molar-refractivity contribution in [2.24, 2.45) is 5.92 Å². The SMILES string of the molecule is CCCNC(=S)NC(=O)c1ccc(OCCC(C)C)cc1. The molecule has 0 saturated heterocycles. The Balaban J connectivity index is 2.45. The van der Waals surface area contributed by atoms with Gasteiger partial charge in [0.05, 0.1) is 6.61 Å². The molecular formula is C16H24N2O2S. The highest BCUT2D eigenvalue weighted by molar-refractivity contribution is 7.80. The first-order chi connectivity index (χ1) is 10.0. The standard InChI is InChI=1S/C16H24N2O2S/c1-4-10-17-16(21)18-15(19)13-5-7-14(8-6-13)20-11-9-12(2)3/h5-8,12H,4,9-11H2,1-3H3,(H2,17,18,19,21). The van der Waals surface area contributed by atoms with Gasteiger partial charge >= 0.3 is 0 Å². The average Bonchev–Trinajstić information content (AvgIpc) is 2.45. The fourth-order valence-corrected chi connectivity index (χ4v) is 1.77. The van der Waals surface area contributed by atoms with E-state index in [-0.39, 0.29) is 5.91 Å². The summed E-state index contributed by atoms with van der Waals surface area (Å²) in [6.07, 6.45) is 1.97. The van der Waals surface area contributed by atoms with Crippen molar-refractivity contribution < 1.29 is 9.53 Å². The van der Waals surface area contributed by atoms with E-state index in [1.807, 2.05) is 6.92 Å². The smallest absolute Gasteiger partial charge is 0.257 e. The molecule has 0 saturated carbocycles. The predicted molar refractivity (Wildman–Crippen MR) is 89.7 cm³/mol. The molecule has 1 aromatic carbocycles. The highest BCUT2D eigenvalue weighted by atomic mass is 32.1. The van der Waals surface area contributed by atoms with Crippen LogP contribution in [0.2, 0.25) is 0 Å². The molecule has 0 atom stereocenters. The molecule has 0 aliphatic heterocycles. The number of nitrogens with one attached hydrogen (secondary N) is 2. The number of hydrogen-bond acceptors (Lipinski definition) is 3. The van der Waals surface area contributed by atoms with Gasteiger partial charge in [-0.2, -0.15) is 0 Å². The molecule has 0 bridgehead atoms. The molecule has 0 aliphatic carbocycles. The number of benzene rings is 1. The van der Waals surface area contributed by atoms with Crippen LogP contribution in [0.25, 0.3) is 0 Å². The summed E-state index contributed by atoms with van der Waals surface area (Å²) in [5.74, 6) is 1.18. The zero-order valence-electron chi connectivity index (χ0n) is 12.9. The van der Waals surface area contributed by atoms with E-state index in [1.165, 1.54) is 0 Å². The fraction of sp³-hybridized carbons (Fsp3) is 0.500. The third-order valence-electron chi connectivity index (χ3n) is 2.84. The van der Waals surface area contributed by atoms with Gasteiger partial charge < -0.3 is 10.1 Å². The van der Waals surface area contributed by atoms with Crippen LogP contribution in [0, 0.1) is 5.92 Å². The molecule has 1 amide bonds. The normalized spacial score (nSPS) is 10.3. The number of thiocarbonyl (C=S) groups is 1. The van der Waals surface area contributed by atoms with Crippen LogP contribution in [0.5, 0.6) is 5.75 Å². The van der Waals surface area contributed by atoms with Gasteiger partial charge in [0, 0.05) is 12.1 Å². The van der Waals surface area contributed by atoms with E-state index in [2.05, 4.69) is 24.5 Å². The van der Waals surface area contributed by atoms with Crippen LogP contribution < -0.4 is 15.4 Å². The van der Waals surface area contributed by atoms with Crippen LogP contribution in [0.15, 0.2) is 24.3 Å². The van der Waals surface area contributed by atoms with Gasteiger partial charge in [-0.25, -0.2) is 0 Å². The van der Waals surface area contributed by atoms with Crippen LogP contribution in [-0.2, 0) is 0 Å². The molecule has 116 valence electrons. The number of carbonyl (C=O) groups excluding carboxylic acids is 1. The summed E-state index contributed by atoms with van der Waals surface area (Å²) in [4.78, 5) is 12.0. The van der Waals surface area contributed by atoms with Gasteiger partial charge in [0.15, 0.2) is 5.11 Å². The van der Waals surface area contributed by atoms with Gasteiger partial charge in [0.1, 0.15) is 5.75 Å². The molecule has 21 heavy (non-hydrogen) atoms. The van der Waals surface area contributed by atoms with Crippen molar-refractivity contribution in [3.63, 3.8) is 0 Å². The largest absolute Gasteiger partial charge is 0.494 e. The lowest BCUT2D eigenvalue weighted by molar-refractivity contribution is 0.0976. The average molecular weight is 308 g/mol. The molecule has 0 aliphatic rings. The maximum absolute atomic E-state index is 12.0. The van der Waals surface area contributed by atoms with Crippen molar-refractivity contribution in [1.82, 2.24) is 10.6 Å². The number of amides is 1.